The monoisotopic (exact) mass is 412 g/mol. The summed E-state index contributed by atoms with van der Waals surface area (Å²) in [4.78, 5) is 0. The minimum Gasteiger partial charge on any atom is -0.339 e. The first-order chi connectivity index (χ1) is 15.2. The molecule has 1 aromatic heterocycles. The van der Waals surface area contributed by atoms with E-state index in [1.807, 2.05) is 31.2 Å². The van der Waals surface area contributed by atoms with Gasteiger partial charge in [0.2, 0.25) is 0 Å². The second-order valence-electron chi connectivity index (χ2n) is 8.25. The van der Waals surface area contributed by atoms with Crippen LogP contribution in [0.25, 0.3) is 0 Å². The molecule has 1 unspecified atom stereocenters. The molecule has 0 fully saturated rings. The number of hydrogen-bond donors (Lipinski definition) is 4. The summed E-state index contributed by atoms with van der Waals surface area (Å²) in [5.41, 5.74) is 10.9. The molecule has 0 saturated heterocycles. The average molecular weight is 413 g/mol. The molecule has 158 valence electrons. The van der Waals surface area contributed by atoms with E-state index >= 15 is 0 Å². The lowest BCUT2D eigenvalue weighted by atomic mass is 9.89. The van der Waals surface area contributed by atoms with Crippen LogP contribution in [0.1, 0.15) is 17.7 Å². The number of aromatic amines is 1. The minimum atomic E-state index is 0.438. The van der Waals surface area contributed by atoms with Crippen LogP contribution in [0.15, 0.2) is 89.8 Å². The van der Waals surface area contributed by atoms with Gasteiger partial charge in [-0.15, -0.1) is 0 Å². The molecule has 0 amide bonds. The van der Waals surface area contributed by atoms with Crippen molar-refractivity contribution >= 4 is 11.5 Å². The summed E-state index contributed by atoms with van der Waals surface area (Å²) in [7, 11) is 0. The number of nitrogens with one attached hydrogen (secondary N) is 4. The van der Waals surface area contributed by atoms with Crippen LogP contribution in [-0.4, -0.2) is 34.3 Å². The molecule has 4 N–H and O–H groups in total. The smallest absolute Gasteiger partial charge is 0.126 e. The van der Waals surface area contributed by atoms with Gasteiger partial charge in [0.25, 0.3) is 0 Å². The third kappa shape index (κ3) is 4.64. The van der Waals surface area contributed by atoms with Crippen LogP contribution >= 0.6 is 0 Å². The van der Waals surface area contributed by atoms with Crippen molar-refractivity contribution in [3.05, 3.63) is 101 Å². The number of anilines is 2. The highest BCUT2D eigenvalue weighted by Crippen LogP contribution is 2.30. The number of aryl methyl sites for hydroxylation is 1. The molecule has 3 aromatic rings. The Morgan fingerprint density at radius 1 is 1.06 bits per heavy atom. The van der Waals surface area contributed by atoms with Crippen LogP contribution in [0.3, 0.4) is 0 Å². The Kier molecular flexibility index (Phi) is 5.46. The van der Waals surface area contributed by atoms with Crippen LogP contribution in [0.5, 0.6) is 0 Å². The van der Waals surface area contributed by atoms with Gasteiger partial charge >= 0.3 is 0 Å². The van der Waals surface area contributed by atoms with E-state index < -0.39 is 0 Å². The van der Waals surface area contributed by atoms with Gasteiger partial charge in [-0.1, -0.05) is 48.5 Å². The van der Waals surface area contributed by atoms with Gasteiger partial charge in [0, 0.05) is 24.9 Å². The first kappa shape index (κ1) is 19.5. The maximum atomic E-state index is 4.26. The number of H-pyrrole nitrogens is 1. The van der Waals surface area contributed by atoms with E-state index in [1.54, 1.807) is 0 Å². The first-order valence-electron chi connectivity index (χ1n) is 10.8. The molecule has 0 aliphatic carbocycles. The Hall–Kier alpha value is -3.51. The molecular weight excluding hydrogens is 384 g/mol. The van der Waals surface area contributed by atoms with Crippen molar-refractivity contribution < 1.29 is 0 Å². The summed E-state index contributed by atoms with van der Waals surface area (Å²) in [6.45, 7) is 3.71. The van der Waals surface area contributed by atoms with Gasteiger partial charge in [0.15, 0.2) is 0 Å². The largest absolute Gasteiger partial charge is 0.339 e. The number of para-hydroxylation sites is 1. The van der Waals surface area contributed by atoms with Crippen molar-refractivity contribution in [3.63, 3.8) is 0 Å². The van der Waals surface area contributed by atoms with Crippen molar-refractivity contribution in [1.29, 1.82) is 0 Å². The summed E-state index contributed by atoms with van der Waals surface area (Å²) in [6, 6.07) is 23.5. The lowest BCUT2D eigenvalue weighted by molar-refractivity contribution is 0.421. The Labute approximate surface area is 183 Å². The number of benzene rings is 2. The number of hydrazine groups is 1. The molecule has 6 heteroatoms. The zero-order chi connectivity index (χ0) is 21.0. The summed E-state index contributed by atoms with van der Waals surface area (Å²) < 4.78 is 0. The fourth-order valence-electron chi connectivity index (χ4n) is 4.33. The predicted molar refractivity (Wildman–Crippen MR) is 125 cm³/mol. The normalized spacial score (nSPS) is 18.4. The van der Waals surface area contributed by atoms with Crippen LogP contribution in [0, 0.1) is 6.92 Å². The van der Waals surface area contributed by atoms with Crippen LogP contribution < -0.4 is 16.1 Å². The highest BCUT2D eigenvalue weighted by atomic mass is 15.5. The number of nitrogens with zero attached hydrogens (tertiary/aromatic N) is 2. The van der Waals surface area contributed by atoms with Crippen LogP contribution in [0.4, 0.5) is 11.5 Å². The van der Waals surface area contributed by atoms with Crippen molar-refractivity contribution in [3.8, 4) is 0 Å². The van der Waals surface area contributed by atoms with Gasteiger partial charge in [0.05, 0.1) is 23.6 Å². The maximum absolute atomic E-state index is 4.26. The van der Waals surface area contributed by atoms with E-state index in [0.29, 0.717) is 6.04 Å². The molecule has 1 atom stereocenters. The Morgan fingerprint density at radius 2 is 1.84 bits per heavy atom. The first-order valence-corrected chi connectivity index (χ1v) is 10.8. The van der Waals surface area contributed by atoms with Crippen molar-refractivity contribution in [2.24, 2.45) is 0 Å². The molecule has 3 heterocycles. The van der Waals surface area contributed by atoms with Gasteiger partial charge in [-0.05, 0) is 48.6 Å². The van der Waals surface area contributed by atoms with Crippen molar-refractivity contribution in [2.75, 3.05) is 23.8 Å². The minimum absolute atomic E-state index is 0.438. The molecule has 0 bridgehead atoms. The highest BCUT2D eigenvalue weighted by Gasteiger charge is 2.27. The van der Waals surface area contributed by atoms with E-state index in [-0.39, 0.29) is 0 Å². The predicted octanol–water partition coefficient (Wildman–Crippen LogP) is 4.22. The fraction of sp³-hybridized carbons (Fsp3) is 0.240. The van der Waals surface area contributed by atoms with Crippen molar-refractivity contribution in [1.82, 2.24) is 20.5 Å². The van der Waals surface area contributed by atoms with E-state index in [2.05, 4.69) is 79.9 Å². The van der Waals surface area contributed by atoms with Crippen LogP contribution in [0.2, 0.25) is 0 Å². The second kappa shape index (κ2) is 8.70. The van der Waals surface area contributed by atoms with Gasteiger partial charge < -0.3 is 10.6 Å². The standard InChI is InChI=1S/C25H28N6/c1-18-12-25(29-28-18)27-24-17-31(30-21-10-6-3-7-11-21)16-20-14-22(26-15-23(20)24)13-19-8-4-2-5-9-19/h2-12,17,22,26,30H,13-16H2,1H3,(H2,27,28,29). The summed E-state index contributed by atoms with van der Waals surface area (Å²) in [6.07, 6.45) is 4.22. The number of rotatable bonds is 6. The van der Waals surface area contributed by atoms with E-state index in [0.717, 1.165) is 48.8 Å². The second-order valence-corrected chi connectivity index (χ2v) is 8.25. The van der Waals surface area contributed by atoms with Crippen LogP contribution in [-0.2, 0) is 6.42 Å². The molecule has 6 nitrogen and oxygen atoms in total. The quantitative estimate of drug-likeness (QED) is 0.488. The Balaban J connectivity index is 1.38. The van der Waals surface area contributed by atoms with E-state index in [9.17, 15) is 0 Å². The Bertz CT molecular complexity index is 1080. The third-order valence-corrected chi connectivity index (χ3v) is 5.81. The zero-order valence-electron chi connectivity index (χ0n) is 17.7. The van der Waals surface area contributed by atoms with E-state index in [4.69, 9.17) is 0 Å². The molecular formula is C25H28N6. The molecule has 2 aliphatic heterocycles. The molecule has 0 radical (unpaired) electrons. The summed E-state index contributed by atoms with van der Waals surface area (Å²) in [5.74, 6) is 0.906. The molecule has 2 aromatic carbocycles. The lowest BCUT2D eigenvalue weighted by Crippen LogP contribution is -2.43. The average Bonchev–Trinajstić information content (AvgIpc) is 3.19. The fourth-order valence-corrected chi connectivity index (χ4v) is 4.33. The molecule has 5 rings (SSSR count). The Morgan fingerprint density at radius 3 is 2.58 bits per heavy atom. The molecule has 31 heavy (non-hydrogen) atoms. The number of hydrogen-bond acceptors (Lipinski definition) is 5. The lowest BCUT2D eigenvalue weighted by Gasteiger charge is -2.37. The summed E-state index contributed by atoms with van der Waals surface area (Å²) in [5, 5.41) is 16.8. The maximum Gasteiger partial charge on any atom is 0.126 e. The summed E-state index contributed by atoms with van der Waals surface area (Å²) >= 11 is 0. The van der Waals surface area contributed by atoms with Gasteiger partial charge in [-0.2, -0.15) is 5.10 Å². The molecule has 0 spiro atoms. The van der Waals surface area contributed by atoms with E-state index in [1.165, 1.54) is 16.7 Å². The molecule has 0 saturated carbocycles. The topological polar surface area (TPSA) is 68.0 Å². The zero-order valence-corrected chi connectivity index (χ0v) is 17.7. The van der Waals surface area contributed by atoms with Gasteiger partial charge in [-0.25, -0.2) is 0 Å². The number of aromatic nitrogens is 2. The SMILES string of the molecule is Cc1cc(NC2=CN(Nc3ccccc3)CC3=C2CNC(Cc2ccccc2)C3)[nH]n1. The van der Waals surface area contributed by atoms with Gasteiger partial charge in [-0.3, -0.25) is 15.5 Å². The third-order valence-electron chi connectivity index (χ3n) is 5.81. The van der Waals surface area contributed by atoms with Gasteiger partial charge in [0.1, 0.15) is 5.82 Å². The highest BCUT2D eigenvalue weighted by molar-refractivity contribution is 5.54. The molecule has 2 aliphatic rings. The van der Waals surface area contributed by atoms with Crippen molar-refractivity contribution in [2.45, 2.75) is 25.8 Å².